The summed E-state index contributed by atoms with van der Waals surface area (Å²) < 4.78 is 8.67. The first kappa shape index (κ1) is 19.3. The van der Waals surface area contributed by atoms with Gasteiger partial charge in [-0.3, -0.25) is 9.13 Å². The Balaban J connectivity index is 1.72. The number of urea groups is 1. The van der Waals surface area contributed by atoms with Gasteiger partial charge in [0, 0.05) is 47.9 Å². The molecule has 2 amide bonds. The zero-order valence-corrected chi connectivity index (χ0v) is 16.5. The lowest BCUT2D eigenvalue weighted by molar-refractivity contribution is 0.0520. The van der Waals surface area contributed by atoms with Crippen LogP contribution in [-0.4, -0.2) is 49.0 Å². The van der Waals surface area contributed by atoms with Crippen LogP contribution in [0.2, 0.25) is 0 Å². The first-order valence-electron chi connectivity index (χ1n) is 9.38. The Hall–Kier alpha value is -2.48. The topological polar surface area (TPSA) is 80.5 Å². The number of benzene rings is 1. The van der Waals surface area contributed by atoms with Crippen LogP contribution in [0.25, 0.3) is 11.0 Å². The summed E-state index contributed by atoms with van der Waals surface area (Å²) in [5.41, 5.74) is 3.04. The van der Waals surface area contributed by atoms with Crippen molar-refractivity contribution < 1.29 is 9.53 Å². The van der Waals surface area contributed by atoms with Gasteiger partial charge in [0.1, 0.15) is 0 Å². The van der Waals surface area contributed by atoms with Crippen molar-refractivity contribution in [3.05, 3.63) is 22.6 Å². The molecule has 1 aromatic carbocycles. The minimum absolute atomic E-state index is 0.0917. The maximum Gasteiger partial charge on any atom is 0.328 e. The smallest absolute Gasteiger partial charge is 0.328 e. The summed E-state index contributed by atoms with van der Waals surface area (Å²) in [6, 6.07) is 3.53. The van der Waals surface area contributed by atoms with Gasteiger partial charge in [-0.25, -0.2) is 9.59 Å². The molecule has 1 aliphatic rings. The number of carbonyl (C=O) groups excluding carboxylic acids is 1. The van der Waals surface area contributed by atoms with Crippen LogP contribution in [0.5, 0.6) is 0 Å². The van der Waals surface area contributed by atoms with Crippen LogP contribution in [0.4, 0.5) is 16.2 Å². The molecule has 1 saturated heterocycles. The Morgan fingerprint density at radius 2 is 1.96 bits per heavy atom. The molecule has 0 radical (unpaired) electrons. The van der Waals surface area contributed by atoms with Crippen molar-refractivity contribution in [2.45, 2.75) is 19.3 Å². The van der Waals surface area contributed by atoms with Crippen molar-refractivity contribution in [2.24, 2.45) is 20.0 Å². The Morgan fingerprint density at radius 3 is 2.59 bits per heavy atom. The Labute approximate surface area is 159 Å². The van der Waals surface area contributed by atoms with Gasteiger partial charge in [-0.05, 0) is 37.3 Å². The van der Waals surface area contributed by atoms with Gasteiger partial charge in [-0.15, -0.1) is 0 Å². The van der Waals surface area contributed by atoms with Gasteiger partial charge < -0.3 is 20.3 Å². The third-order valence-corrected chi connectivity index (χ3v) is 5.21. The Kier molecular flexibility index (Phi) is 5.74. The van der Waals surface area contributed by atoms with Crippen LogP contribution in [-0.2, 0) is 18.8 Å². The Bertz CT molecular complexity index is 878. The monoisotopic (exact) mass is 375 g/mol. The van der Waals surface area contributed by atoms with E-state index in [9.17, 15) is 9.59 Å². The number of rotatable bonds is 5. The number of nitrogens with zero attached hydrogens (tertiary/aromatic N) is 3. The molecule has 8 heteroatoms. The summed E-state index contributed by atoms with van der Waals surface area (Å²) in [4.78, 5) is 26.5. The van der Waals surface area contributed by atoms with E-state index < -0.39 is 0 Å². The molecule has 2 aromatic rings. The number of hydrogen-bond donors (Lipinski definition) is 2. The Morgan fingerprint density at radius 1 is 1.26 bits per heavy atom. The SMILES string of the molecule is CN(C)c1cc2c(cc1NC(=O)NCCC1CCCOC1)n(C)c(=O)n2C. The summed E-state index contributed by atoms with van der Waals surface area (Å²) in [7, 11) is 7.30. The van der Waals surface area contributed by atoms with E-state index in [1.165, 1.54) is 0 Å². The molecule has 1 unspecified atom stereocenters. The zero-order chi connectivity index (χ0) is 19.6. The largest absolute Gasteiger partial charge is 0.381 e. The molecule has 2 heterocycles. The molecule has 148 valence electrons. The molecule has 0 aliphatic carbocycles. The normalized spacial score (nSPS) is 17.1. The quantitative estimate of drug-likeness (QED) is 0.836. The van der Waals surface area contributed by atoms with Crippen LogP contribution in [0.15, 0.2) is 16.9 Å². The van der Waals surface area contributed by atoms with E-state index in [1.54, 1.807) is 23.2 Å². The maximum absolute atomic E-state index is 12.4. The summed E-state index contributed by atoms with van der Waals surface area (Å²) in [5, 5.41) is 5.86. The second-order valence-electron chi connectivity index (χ2n) is 7.41. The van der Waals surface area contributed by atoms with E-state index >= 15 is 0 Å². The van der Waals surface area contributed by atoms with E-state index in [1.807, 2.05) is 31.1 Å². The molecule has 27 heavy (non-hydrogen) atoms. The molecule has 1 atom stereocenters. The third kappa shape index (κ3) is 4.10. The predicted octanol–water partition coefficient (Wildman–Crippen LogP) is 1.88. The van der Waals surface area contributed by atoms with Gasteiger partial charge in [0.15, 0.2) is 0 Å². The van der Waals surface area contributed by atoms with Crippen molar-refractivity contribution in [2.75, 3.05) is 44.1 Å². The lowest BCUT2D eigenvalue weighted by Gasteiger charge is -2.22. The van der Waals surface area contributed by atoms with E-state index in [0.29, 0.717) is 18.2 Å². The fourth-order valence-corrected chi connectivity index (χ4v) is 3.60. The predicted molar refractivity (Wildman–Crippen MR) is 108 cm³/mol. The highest BCUT2D eigenvalue weighted by Crippen LogP contribution is 2.29. The number of fused-ring (bicyclic) bond motifs is 1. The van der Waals surface area contributed by atoms with Crippen molar-refractivity contribution in [1.82, 2.24) is 14.5 Å². The lowest BCUT2D eigenvalue weighted by Crippen LogP contribution is -2.32. The summed E-state index contributed by atoms with van der Waals surface area (Å²) >= 11 is 0. The summed E-state index contributed by atoms with van der Waals surface area (Å²) in [5.74, 6) is 0.520. The van der Waals surface area contributed by atoms with Gasteiger partial charge in [0.05, 0.1) is 22.4 Å². The molecular weight excluding hydrogens is 346 g/mol. The van der Waals surface area contributed by atoms with Crippen molar-refractivity contribution in [3.8, 4) is 0 Å². The van der Waals surface area contributed by atoms with Crippen LogP contribution >= 0.6 is 0 Å². The third-order valence-electron chi connectivity index (χ3n) is 5.21. The second kappa shape index (κ2) is 8.04. The summed E-state index contributed by atoms with van der Waals surface area (Å²) in [6.07, 6.45) is 3.17. The van der Waals surface area contributed by atoms with Crippen LogP contribution in [0.3, 0.4) is 0 Å². The van der Waals surface area contributed by atoms with Crippen molar-refractivity contribution in [1.29, 1.82) is 0 Å². The van der Waals surface area contributed by atoms with Crippen molar-refractivity contribution >= 4 is 28.4 Å². The van der Waals surface area contributed by atoms with E-state index in [-0.39, 0.29) is 11.7 Å². The standard InChI is InChI=1S/C19H29N5O3/c1-22(2)15-11-17-16(23(3)19(26)24(17)4)10-14(15)21-18(25)20-8-7-13-6-5-9-27-12-13/h10-11,13H,5-9,12H2,1-4H3,(H2,20,21,25). The number of imidazole rings is 1. The first-order chi connectivity index (χ1) is 12.9. The number of carbonyl (C=O) groups is 1. The molecule has 1 aliphatic heterocycles. The fourth-order valence-electron chi connectivity index (χ4n) is 3.60. The average Bonchev–Trinajstić information content (AvgIpc) is 2.86. The van der Waals surface area contributed by atoms with Crippen molar-refractivity contribution in [3.63, 3.8) is 0 Å². The van der Waals surface area contributed by atoms with E-state index in [4.69, 9.17) is 4.74 Å². The zero-order valence-electron chi connectivity index (χ0n) is 16.5. The molecule has 8 nitrogen and oxygen atoms in total. The molecule has 3 rings (SSSR count). The molecule has 2 N–H and O–H groups in total. The molecular formula is C19H29N5O3. The van der Waals surface area contributed by atoms with Crippen LogP contribution < -0.4 is 21.2 Å². The van der Waals surface area contributed by atoms with E-state index in [2.05, 4.69) is 10.6 Å². The van der Waals surface area contributed by atoms with Gasteiger partial charge in [-0.1, -0.05) is 0 Å². The minimum atomic E-state index is -0.241. The highest BCUT2D eigenvalue weighted by Gasteiger charge is 2.16. The van der Waals surface area contributed by atoms with Gasteiger partial charge in [0.25, 0.3) is 0 Å². The number of ether oxygens (including phenoxy) is 1. The fraction of sp³-hybridized carbons (Fsp3) is 0.579. The summed E-state index contributed by atoms with van der Waals surface area (Å²) in [6.45, 7) is 2.25. The first-order valence-corrected chi connectivity index (χ1v) is 9.38. The van der Waals surface area contributed by atoms with Crippen LogP contribution in [0.1, 0.15) is 19.3 Å². The van der Waals surface area contributed by atoms with E-state index in [0.717, 1.165) is 49.2 Å². The maximum atomic E-state index is 12.4. The molecule has 1 fully saturated rings. The number of aryl methyl sites for hydroxylation is 2. The molecule has 1 aromatic heterocycles. The average molecular weight is 375 g/mol. The molecule has 0 spiro atoms. The lowest BCUT2D eigenvalue weighted by atomic mass is 9.99. The number of hydrogen-bond acceptors (Lipinski definition) is 4. The number of nitrogens with one attached hydrogen (secondary N) is 2. The van der Waals surface area contributed by atoms with Crippen LogP contribution in [0, 0.1) is 5.92 Å². The number of aromatic nitrogens is 2. The second-order valence-corrected chi connectivity index (χ2v) is 7.41. The highest BCUT2D eigenvalue weighted by atomic mass is 16.5. The molecule has 0 bridgehead atoms. The van der Waals surface area contributed by atoms with Gasteiger partial charge in [0.2, 0.25) is 0 Å². The van der Waals surface area contributed by atoms with Gasteiger partial charge in [-0.2, -0.15) is 0 Å². The number of anilines is 2. The minimum Gasteiger partial charge on any atom is -0.381 e. The highest BCUT2D eigenvalue weighted by molar-refractivity contribution is 5.97. The van der Waals surface area contributed by atoms with Gasteiger partial charge >= 0.3 is 11.7 Å². The number of amides is 2. The molecule has 0 saturated carbocycles.